The van der Waals surface area contributed by atoms with Crippen LogP contribution in [0.4, 0.5) is 0 Å². The Bertz CT molecular complexity index is 1020. The summed E-state index contributed by atoms with van der Waals surface area (Å²) in [6, 6.07) is 13.6. The van der Waals surface area contributed by atoms with Gasteiger partial charge in [-0.2, -0.15) is 0 Å². The standard InChI is InChI=1S/C17H9BrN2O4/c18-15-7-6-13(23-15)17(21)22-10-4-5-11-14(9-10)24-16(20-11)12-3-1-2-8-19-12/h1-9H. The van der Waals surface area contributed by atoms with Gasteiger partial charge >= 0.3 is 5.97 Å². The topological polar surface area (TPSA) is 78.4 Å². The van der Waals surface area contributed by atoms with E-state index >= 15 is 0 Å². The summed E-state index contributed by atoms with van der Waals surface area (Å²) in [4.78, 5) is 20.6. The Hall–Kier alpha value is -2.93. The molecule has 7 heteroatoms. The number of furan rings is 1. The van der Waals surface area contributed by atoms with Crippen molar-refractivity contribution in [2.75, 3.05) is 0 Å². The number of pyridine rings is 1. The molecule has 0 fully saturated rings. The highest BCUT2D eigenvalue weighted by molar-refractivity contribution is 9.10. The first kappa shape index (κ1) is 14.6. The maximum Gasteiger partial charge on any atom is 0.379 e. The lowest BCUT2D eigenvalue weighted by atomic mass is 10.3. The van der Waals surface area contributed by atoms with E-state index < -0.39 is 5.97 Å². The van der Waals surface area contributed by atoms with Crippen LogP contribution in [0, 0.1) is 0 Å². The number of benzene rings is 1. The summed E-state index contributed by atoms with van der Waals surface area (Å²) < 4.78 is 16.6. The summed E-state index contributed by atoms with van der Waals surface area (Å²) in [5.41, 5.74) is 1.78. The van der Waals surface area contributed by atoms with Crippen molar-refractivity contribution in [3.8, 4) is 17.3 Å². The molecule has 4 rings (SSSR count). The first-order valence-corrected chi connectivity index (χ1v) is 7.78. The van der Waals surface area contributed by atoms with E-state index in [0.717, 1.165) is 0 Å². The lowest BCUT2D eigenvalue weighted by Gasteiger charge is -2.01. The molecule has 0 saturated carbocycles. The van der Waals surface area contributed by atoms with Gasteiger partial charge in [0.15, 0.2) is 10.3 Å². The van der Waals surface area contributed by atoms with E-state index in [9.17, 15) is 4.79 Å². The fourth-order valence-electron chi connectivity index (χ4n) is 2.15. The van der Waals surface area contributed by atoms with Gasteiger partial charge in [-0.05, 0) is 52.3 Å². The largest absolute Gasteiger partial charge is 0.442 e. The van der Waals surface area contributed by atoms with Gasteiger partial charge in [0.05, 0.1) is 0 Å². The SMILES string of the molecule is O=C(Oc1ccc2nc(-c3ccccn3)oc2c1)c1ccc(Br)o1. The van der Waals surface area contributed by atoms with E-state index in [4.69, 9.17) is 13.6 Å². The molecule has 3 aromatic heterocycles. The van der Waals surface area contributed by atoms with Crippen LogP contribution in [-0.4, -0.2) is 15.9 Å². The molecule has 0 radical (unpaired) electrons. The van der Waals surface area contributed by atoms with Gasteiger partial charge in [-0.1, -0.05) is 6.07 Å². The number of carbonyl (C=O) groups is 1. The van der Waals surface area contributed by atoms with Crippen molar-refractivity contribution in [1.29, 1.82) is 0 Å². The van der Waals surface area contributed by atoms with Gasteiger partial charge in [0.1, 0.15) is 17.0 Å². The Morgan fingerprint density at radius 2 is 2.00 bits per heavy atom. The fraction of sp³-hybridized carbons (Fsp3) is 0. The zero-order valence-corrected chi connectivity index (χ0v) is 13.7. The number of hydrogen-bond donors (Lipinski definition) is 0. The molecule has 0 aliphatic heterocycles. The molecule has 0 saturated heterocycles. The number of hydrogen-bond acceptors (Lipinski definition) is 6. The zero-order valence-electron chi connectivity index (χ0n) is 12.1. The molecule has 0 aliphatic rings. The monoisotopic (exact) mass is 384 g/mol. The van der Waals surface area contributed by atoms with Crippen LogP contribution < -0.4 is 4.74 Å². The van der Waals surface area contributed by atoms with Crippen LogP contribution in [0.3, 0.4) is 0 Å². The number of carbonyl (C=O) groups excluding carboxylic acids is 1. The molecule has 0 spiro atoms. The molecule has 118 valence electrons. The maximum absolute atomic E-state index is 12.0. The number of esters is 1. The molecular formula is C17H9BrN2O4. The highest BCUT2D eigenvalue weighted by atomic mass is 79.9. The lowest BCUT2D eigenvalue weighted by Crippen LogP contribution is -2.06. The molecule has 1 aromatic carbocycles. The maximum atomic E-state index is 12.0. The number of fused-ring (bicyclic) bond motifs is 1. The van der Waals surface area contributed by atoms with Gasteiger partial charge in [0.25, 0.3) is 0 Å². The van der Waals surface area contributed by atoms with Crippen molar-refractivity contribution in [3.05, 3.63) is 65.2 Å². The number of nitrogens with zero attached hydrogens (tertiary/aromatic N) is 2. The first-order valence-electron chi connectivity index (χ1n) is 6.98. The van der Waals surface area contributed by atoms with E-state index in [1.54, 1.807) is 36.5 Å². The summed E-state index contributed by atoms with van der Waals surface area (Å²) in [6.07, 6.45) is 1.67. The second-order valence-corrected chi connectivity index (χ2v) is 5.64. The van der Waals surface area contributed by atoms with Crippen molar-refractivity contribution >= 4 is 33.0 Å². The number of rotatable bonds is 3. The number of halogens is 1. The van der Waals surface area contributed by atoms with Crippen LogP contribution >= 0.6 is 15.9 Å². The second-order valence-electron chi connectivity index (χ2n) is 4.86. The van der Waals surface area contributed by atoms with Gasteiger partial charge in [0.2, 0.25) is 11.7 Å². The van der Waals surface area contributed by atoms with Crippen molar-refractivity contribution in [3.63, 3.8) is 0 Å². The van der Waals surface area contributed by atoms with E-state index in [0.29, 0.717) is 33.1 Å². The van der Waals surface area contributed by atoms with E-state index in [2.05, 4.69) is 25.9 Å². The van der Waals surface area contributed by atoms with E-state index in [1.165, 1.54) is 6.07 Å². The Labute approximate surface area is 144 Å². The highest BCUT2D eigenvalue weighted by Crippen LogP contribution is 2.26. The van der Waals surface area contributed by atoms with Crippen LogP contribution in [0.25, 0.3) is 22.7 Å². The van der Waals surface area contributed by atoms with Gasteiger partial charge in [-0.25, -0.2) is 9.78 Å². The van der Waals surface area contributed by atoms with Crippen LogP contribution in [0.1, 0.15) is 10.6 Å². The molecule has 0 atom stereocenters. The summed E-state index contributed by atoms with van der Waals surface area (Å²) in [7, 11) is 0. The Morgan fingerprint density at radius 3 is 2.75 bits per heavy atom. The van der Waals surface area contributed by atoms with Gasteiger partial charge in [-0.3, -0.25) is 4.98 Å². The Morgan fingerprint density at radius 1 is 1.08 bits per heavy atom. The minimum Gasteiger partial charge on any atom is -0.442 e. The molecule has 3 heterocycles. The highest BCUT2D eigenvalue weighted by Gasteiger charge is 2.15. The number of aromatic nitrogens is 2. The first-order chi connectivity index (χ1) is 11.7. The van der Waals surface area contributed by atoms with Crippen LogP contribution in [0.15, 0.2) is 68.2 Å². The van der Waals surface area contributed by atoms with Crippen molar-refractivity contribution in [1.82, 2.24) is 9.97 Å². The van der Waals surface area contributed by atoms with Crippen LogP contribution in [-0.2, 0) is 0 Å². The van der Waals surface area contributed by atoms with E-state index in [1.807, 2.05) is 12.1 Å². The zero-order chi connectivity index (χ0) is 16.5. The third-order valence-electron chi connectivity index (χ3n) is 3.23. The Balaban J connectivity index is 1.62. The summed E-state index contributed by atoms with van der Waals surface area (Å²) in [5.74, 6) is 0.256. The third kappa shape index (κ3) is 2.81. The molecule has 6 nitrogen and oxygen atoms in total. The molecule has 24 heavy (non-hydrogen) atoms. The average Bonchev–Trinajstić information content (AvgIpc) is 3.21. The number of ether oxygens (including phenoxy) is 1. The van der Waals surface area contributed by atoms with Gasteiger partial charge in [-0.15, -0.1) is 0 Å². The van der Waals surface area contributed by atoms with Crippen molar-refractivity contribution in [2.45, 2.75) is 0 Å². The lowest BCUT2D eigenvalue weighted by molar-refractivity contribution is 0.0700. The molecule has 0 bridgehead atoms. The Kier molecular flexibility index (Phi) is 3.62. The molecular weight excluding hydrogens is 376 g/mol. The minimum atomic E-state index is -0.593. The predicted octanol–water partition coefficient (Wildman–Crippen LogP) is 4.46. The van der Waals surface area contributed by atoms with Crippen molar-refractivity contribution in [2.24, 2.45) is 0 Å². The van der Waals surface area contributed by atoms with Gasteiger partial charge < -0.3 is 13.6 Å². The molecule has 0 aliphatic carbocycles. The molecule has 0 amide bonds. The molecule has 4 aromatic rings. The summed E-state index contributed by atoms with van der Waals surface area (Å²) in [5, 5.41) is 0. The summed E-state index contributed by atoms with van der Waals surface area (Å²) in [6.45, 7) is 0. The third-order valence-corrected chi connectivity index (χ3v) is 3.66. The smallest absolute Gasteiger partial charge is 0.379 e. The minimum absolute atomic E-state index is 0.105. The fourth-order valence-corrected chi connectivity index (χ4v) is 2.46. The quantitative estimate of drug-likeness (QED) is 0.383. The van der Waals surface area contributed by atoms with Crippen molar-refractivity contribution < 1.29 is 18.4 Å². The molecule has 0 unspecified atom stereocenters. The summed E-state index contributed by atoms with van der Waals surface area (Å²) >= 11 is 3.14. The predicted molar refractivity (Wildman–Crippen MR) is 88.6 cm³/mol. The van der Waals surface area contributed by atoms with E-state index in [-0.39, 0.29) is 5.76 Å². The average molecular weight is 385 g/mol. The second kappa shape index (κ2) is 5.93. The van der Waals surface area contributed by atoms with Crippen LogP contribution in [0.2, 0.25) is 0 Å². The molecule has 0 N–H and O–H groups in total. The van der Waals surface area contributed by atoms with Gasteiger partial charge in [0, 0.05) is 12.3 Å². The van der Waals surface area contributed by atoms with Crippen LogP contribution in [0.5, 0.6) is 5.75 Å². The number of oxazole rings is 1. The normalized spacial score (nSPS) is 10.9.